The number of nitroso groups, excluding NO2 is 1. The zero-order valence-electron chi connectivity index (χ0n) is 59.8. The summed E-state index contributed by atoms with van der Waals surface area (Å²) in [6, 6.07) is 14.0. The molecule has 10 N–H and O–H groups in total. The first-order chi connectivity index (χ1) is 48.4. The number of nitrogens with zero attached hydrogens (tertiary/aromatic N) is 10. The van der Waals surface area contributed by atoms with Crippen molar-refractivity contribution in [1.29, 1.82) is 0 Å². The molecule has 30 nitrogen and oxygen atoms in total. The van der Waals surface area contributed by atoms with Crippen LogP contribution in [0.15, 0.2) is 126 Å². The Morgan fingerprint density at radius 2 is 1.04 bits per heavy atom. The van der Waals surface area contributed by atoms with Crippen LogP contribution in [-0.2, 0) is 69.0 Å². The number of hydrogen-bond acceptors (Lipinski definition) is 20. The minimum absolute atomic E-state index is 0.0161. The van der Waals surface area contributed by atoms with Crippen LogP contribution >= 0.6 is 0 Å². The lowest BCUT2D eigenvalue weighted by molar-refractivity contribution is -0.149. The van der Waals surface area contributed by atoms with Gasteiger partial charge in [-0.1, -0.05) is 138 Å². The van der Waals surface area contributed by atoms with Crippen molar-refractivity contribution in [3.05, 3.63) is 137 Å². The fourth-order valence-electron chi connectivity index (χ4n) is 12.6. The van der Waals surface area contributed by atoms with Gasteiger partial charge in [-0.3, -0.25) is 57.8 Å². The maximum Gasteiger partial charge on any atom is 0.326 e. The number of aliphatic carboxylic acids is 1. The molecule has 0 radical (unpaired) electrons. The summed E-state index contributed by atoms with van der Waals surface area (Å²) in [5.74, 6) is -7.23. The summed E-state index contributed by atoms with van der Waals surface area (Å²) < 4.78 is 1.47. The Morgan fingerprint density at radius 3 is 1.46 bits per heavy atom. The van der Waals surface area contributed by atoms with E-state index in [0.717, 1.165) is 21.5 Å². The van der Waals surface area contributed by atoms with Gasteiger partial charge in [0.05, 0.1) is 36.9 Å². The molecule has 8 amide bonds. The summed E-state index contributed by atoms with van der Waals surface area (Å²) in [6.07, 6.45) is 1.74. The van der Waals surface area contributed by atoms with Gasteiger partial charge in [0.2, 0.25) is 47.3 Å². The second-order valence-corrected chi connectivity index (χ2v) is 28.6. The van der Waals surface area contributed by atoms with Gasteiger partial charge in [0, 0.05) is 97.2 Å². The van der Waals surface area contributed by atoms with Crippen molar-refractivity contribution in [2.24, 2.45) is 21.1 Å². The van der Waals surface area contributed by atoms with Crippen molar-refractivity contribution < 1.29 is 53.4 Å². The molecule has 102 heavy (non-hydrogen) atoms. The zero-order valence-corrected chi connectivity index (χ0v) is 59.8. The van der Waals surface area contributed by atoms with E-state index in [1.807, 2.05) is 88.7 Å². The van der Waals surface area contributed by atoms with Gasteiger partial charge in [0.25, 0.3) is 0 Å². The molecular formula is C72H98N18O12. The van der Waals surface area contributed by atoms with E-state index in [9.17, 15) is 34.3 Å². The van der Waals surface area contributed by atoms with E-state index in [0.29, 0.717) is 11.1 Å². The first kappa shape index (κ1) is 77.7. The van der Waals surface area contributed by atoms with Gasteiger partial charge in [-0.05, 0) is 76.6 Å². The summed E-state index contributed by atoms with van der Waals surface area (Å²) in [4.78, 5) is 151. The second kappa shape index (κ2) is 34.6. The molecule has 2 saturated heterocycles. The third-order valence-electron chi connectivity index (χ3n) is 19.0. The highest BCUT2D eigenvalue weighted by molar-refractivity contribution is 5.98. The van der Waals surface area contributed by atoms with Crippen molar-refractivity contribution in [1.82, 2.24) is 82.1 Å². The van der Waals surface area contributed by atoms with Crippen LogP contribution in [0.25, 0.3) is 21.5 Å². The van der Waals surface area contributed by atoms with Crippen LogP contribution in [0.4, 0.5) is 0 Å². The van der Waals surface area contributed by atoms with E-state index in [-0.39, 0.29) is 96.1 Å². The van der Waals surface area contributed by atoms with Gasteiger partial charge in [-0.25, -0.2) is 4.79 Å². The highest BCUT2D eigenvalue weighted by Gasteiger charge is 2.46. The number of rotatable bonds is 16. The first-order valence-electron chi connectivity index (χ1n) is 34.3. The van der Waals surface area contributed by atoms with Crippen molar-refractivity contribution in [3.8, 4) is 0 Å². The van der Waals surface area contributed by atoms with Crippen LogP contribution in [0.5, 0.6) is 0 Å². The normalized spacial score (nSPS) is 23.6. The average Bonchev–Trinajstić information content (AvgIpc) is 0.882. The number of benzene rings is 4. The van der Waals surface area contributed by atoms with Gasteiger partial charge < -0.3 is 62.5 Å². The number of nitrogens with one attached hydrogen (secondary N) is 8. The smallest absolute Gasteiger partial charge is 0.326 e. The number of likely N-dealkylation sites (N-methyl/N-ethyl adjacent to an activating group) is 2. The third-order valence-corrected chi connectivity index (χ3v) is 19.0. The van der Waals surface area contributed by atoms with Gasteiger partial charge in [0.15, 0.2) is 0 Å². The van der Waals surface area contributed by atoms with Crippen LogP contribution in [-0.4, -0.2) is 243 Å². The van der Waals surface area contributed by atoms with Crippen molar-refractivity contribution in [3.63, 3.8) is 0 Å². The molecule has 6 bridgehead atoms. The molecule has 3 aliphatic heterocycles. The Labute approximate surface area is 593 Å². The summed E-state index contributed by atoms with van der Waals surface area (Å²) in [7, 11) is 3.21. The molecule has 548 valence electrons. The maximum atomic E-state index is 15.4. The van der Waals surface area contributed by atoms with E-state index in [1.54, 1.807) is 75.6 Å². The molecule has 0 saturated carbocycles. The summed E-state index contributed by atoms with van der Waals surface area (Å²) in [5.41, 5.74) is -0.581. The predicted molar refractivity (Wildman–Crippen MR) is 385 cm³/mol. The minimum atomic E-state index is -1.61. The SMILES string of the molecule is C=NN1/C=C(\N=O)C[C@@H](C(=C)O)NC(=O)[C@H](Cc2ccc3ccccc3c2)NC(=O)[C@@H]2CN(CCN2C(=O)[C@@H](NC(=O)[C@H](C)NC)C(C)(C)C)CCn2cc(nn2)C[C@@H](C(=O)O)NC(=O)[C@H](Cc2ccc3ccccc3c2)NC(=O)[C@@H]2CN(CC1)CCN2C(=O)[C@@H](NC(=O)[C@H](C)NC)C(C)(C)C. The topological polar surface area (TPSA) is 379 Å². The molecule has 0 spiro atoms. The predicted octanol–water partition coefficient (Wildman–Crippen LogP) is 1.94. The van der Waals surface area contributed by atoms with Crippen LogP contribution in [0.1, 0.15) is 78.6 Å². The average molecular weight is 1410 g/mol. The Hall–Kier alpha value is -10.0. The van der Waals surface area contributed by atoms with Crippen molar-refractivity contribution >= 4 is 81.5 Å². The van der Waals surface area contributed by atoms with E-state index < -0.39 is 137 Å². The largest absolute Gasteiger partial charge is 0.511 e. The minimum Gasteiger partial charge on any atom is -0.511 e. The summed E-state index contributed by atoms with van der Waals surface area (Å²) in [6.45, 7) is 21.9. The van der Waals surface area contributed by atoms with E-state index in [4.69, 9.17) is 0 Å². The van der Waals surface area contributed by atoms with Gasteiger partial charge in [-0.15, -0.1) is 10.0 Å². The number of carbonyl (C=O) groups excluding carboxylic acids is 8. The fourth-order valence-corrected chi connectivity index (χ4v) is 12.6. The quantitative estimate of drug-likeness (QED) is 0.0383. The van der Waals surface area contributed by atoms with Crippen LogP contribution in [0, 0.1) is 15.7 Å². The van der Waals surface area contributed by atoms with Crippen LogP contribution in [0.2, 0.25) is 0 Å². The molecule has 12 atom stereocenters. The zero-order chi connectivity index (χ0) is 74.3. The molecule has 1 aromatic heterocycles. The highest BCUT2D eigenvalue weighted by atomic mass is 16.4. The van der Waals surface area contributed by atoms with E-state index in [2.05, 4.69) is 76.4 Å². The van der Waals surface area contributed by atoms with E-state index >= 15 is 24.0 Å². The molecule has 30 heteroatoms. The molecule has 2 unspecified atom stereocenters. The Kier molecular flexibility index (Phi) is 26.3. The molecular weight excluding hydrogens is 1310 g/mol. The molecule has 4 heterocycles. The lowest BCUT2D eigenvalue weighted by atomic mass is 9.85. The Balaban J connectivity index is 1.18. The number of aliphatic hydroxyl groups excluding tert-OH is 1. The number of carboxylic acid groups (broad SMARTS) is 1. The molecule has 5 aromatic rings. The number of hydrogen-bond donors (Lipinski definition) is 10. The fraction of sp³-hybridized carbons (Fsp3) is 0.500. The molecule has 8 rings (SSSR count). The monoisotopic (exact) mass is 1410 g/mol. The molecule has 0 aliphatic carbocycles. The second-order valence-electron chi connectivity index (χ2n) is 28.6. The van der Waals surface area contributed by atoms with Crippen LogP contribution < -0.4 is 42.5 Å². The number of carboxylic acids is 1. The number of carbonyl (C=O) groups is 9. The highest BCUT2D eigenvalue weighted by Crippen LogP contribution is 2.28. The Bertz CT molecular complexity index is 3940. The van der Waals surface area contributed by atoms with Crippen molar-refractivity contribution in [2.45, 2.75) is 148 Å². The van der Waals surface area contributed by atoms with Crippen molar-refractivity contribution in [2.75, 3.05) is 73.0 Å². The van der Waals surface area contributed by atoms with Gasteiger partial charge >= 0.3 is 5.97 Å². The van der Waals surface area contributed by atoms with Crippen LogP contribution in [0.3, 0.4) is 0 Å². The number of aliphatic hydroxyl groups is 1. The lowest BCUT2D eigenvalue weighted by Gasteiger charge is -2.44. The number of amides is 8. The Morgan fingerprint density at radius 1 is 0.598 bits per heavy atom. The molecule has 4 aromatic carbocycles. The molecule has 3 aliphatic rings. The standard InChI is InChI=1S/C72H98N18O12/c1-43(73-10)62(92)80-60(71(4,5)6)68(98)89-31-27-85-25-29-87(75-12)40-53(83-102)38-54(45(3)91)76-64(94)55(35-46-21-23-48-17-13-15-19-50(48)33-46)77-66(96)59-42-86(28-32-90(59)69(99)61(72(7,8)9)81-63(93)44(2)74-11)26-30-88-39-52(82-84-88)37-57(70(100)101)79-65(95)56(78-67(97)58(89)41-85)36-47-22-24-49-18-14-16-20-51(49)34-47/h13-24,33-34,39-40,43-44,54-61,73-74,91H,3,12,25-32,35-38,41-42H2,1-2,4-11H3,(H,76,94)(H,77,96)(H,78,97)(H,79,95)(H,80,92)(H,81,93)(H,100,101)/b53-40-/t43-,44-,54-,55-,56-,57-,58-,59-,60+,61+/m0/s1. The van der Waals surface area contributed by atoms with E-state index in [1.165, 1.54) is 31.9 Å². The maximum absolute atomic E-state index is 15.4. The van der Waals surface area contributed by atoms with Gasteiger partial charge in [0.1, 0.15) is 53.7 Å². The first-order valence-corrected chi connectivity index (χ1v) is 34.3. The number of hydrazone groups is 1. The third kappa shape index (κ3) is 20.4. The number of aromatic nitrogens is 3. The summed E-state index contributed by atoms with van der Waals surface area (Å²) >= 11 is 0. The lowest BCUT2D eigenvalue weighted by Crippen LogP contribution is -2.67. The van der Waals surface area contributed by atoms with Gasteiger partial charge in [-0.2, -0.15) is 5.10 Å². The molecule has 2 fully saturated rings. The number of fused-ring (bicyclic) bond motifs is 8. The number of piperazine rings is 2. The summed E-state index contributed by atoms with van der Waals surface area (Å²) in [5, 5.41) is 65.6.